The van der Waals surface area contributed by atoms with Gasteiger partial charge in [-0.15, -0.1) is 0 Å². The Bertz CT molecular complexity index is 724. The molecule has 3 rings (SSSR count). The van der Waals surface area contributed by atoms with Crippen LogP contribution < -0.4 is 11.1 Å². The lowest BCUT2D eigenvalue weighted by Gasteiger charge is -2.20. The highest BCUT2D eigenvalue weighted by atomic mass is 16.4. The van der Waals surface area contributed by atoms with Crippen LogP contribution in [0.15, 0.2) is 28.8 Å². The summed E-state index contributed by atoms with van der Waals surface area (Å²) in [6, 6.07) is 5.92. The van der Waals surface area contributed by atoms with Crippen molar-refractivity contribution in [2.24, 2.45) is 0 Å². The number of hydrogen-bond donors (Lipinski definition) is 2. The summed E-state index contributed by atoms with van der Waals surface area (Å²) in [5.74, 6) is 1.87. The van der Waals surface area contributed by atoms with Crippen LogP contribution in [0.3, 0.4) is 0 Å². The van der Waals surface area contributed by atoms with Gasteiger partial charge in [0.2, 0.25) is 0 Å². The first-order chi connectivity index (χ1) is 12.1. The Hall–Kier alpha value is -2.50. The molecule has 1 atom stereocenters. The van der Waals surface area contributed by atoms with Crippen LogP contribution in [-0.2, 0) is 6.42 Å². The summed E-state index contributed by atoms with van der Waals surface area (Å²) in [6.07, 6.45) is 5.44. The fourth-order valence-electron chi connectivity index (χ4n) is 3.30. The zero-order valence-electron chi connectivity index (χ0n) is 14.9. The predicted octanol–water partition coefficient (Wildman–Crippen LogP) is 3.23. The fraction of sp³-hybridized carbons (Fsp3) is 0.474. The van der Waals surface area contributed by atoms with Crippen LogP contribution in [-0.4, -0.2) is 34.9 Å². The standard InChI is InChI=1S/C19H26N4O2/c1-3-16-13(2)11-17(25-16)19(24)23-9-4-5-14(8-10-23)22-15-6-7-18(20)21-12-15/h6-7,11-12,14,22H,3-5,8-10H2,1-2H3,(H2,20,21)/t14-/m0/s1. The molecule has 3 N–H and O–H groups in total. The minimum absolute atomic E-state index is 0.00222. The van der Waals surface area contributed by atoms with E-state index >= 15 is 0 Å². The number of nitrogen functional groups attached to an aromatic ring is 1. The summed E-state index contributed by atoms with van der Waals surface area (Å²) in [5.41, 5.74) is 7.64. The number of hydrogen-bond acceptors (Lipinski definition) is 5. The largest absolute Gasteiger partial charge is 0.456 e. The monoisotopic (exact) mass is 342 g/mol. The maximum atomic E-state index is 12.7. The SMILES string of the molecule is CCc1oc(C(=O)N2CCC[C@H](Nc3ccc(N)nc3)CC2)cc1C. The quantitative estimate of drug-likeness (QED) is 0.891. The van der Waals surface area contributed by atoms with Crippen LogP contribution in [0.1, 0.15) is 48.1 Å². The van der Waals surface area contributed by atoms with Crippen molar-refractivity contribution in [3.63, 3.8) is 0 Å². The molecule has 1 amide bonds. The molecule has 0 bridgehead atoms. The van der Waals surface area contributed by atoms with E-state index in [-0.39, 0.29) is 5.91 Å². The number of rotatable bonds is 4. The molecule has 0 spiro atoms. The minimum Gasteiger partial charge on any atom is -0.456 e. The number of aryl methyl sites for hydroxylation is 2. The lowest BCUT2D eigenvalue weighted by atomic mass is 10.1. The van der Waals surface area contributed by atoms with Crippen LogP contribution >= 0.6 is 0 Å². The molecule has 1 saturated heterocycles. The van der Waals surface area contributed by atoms with E-state index in [1.54, 1.807) is 12.3 Å². The zero-order chi connectivity index (χ0) is 17.8. The first-order valence-corrected chi connectivity index (χ1v) is 8.93. The third-order valence-corrected chi connectivity index (χ3v) is 4.72. The predicted molar refractivity (Wildman–Crippen MR) is 98.6 cm³/mol. The van der Waals surface area contributed by atoms with Crippen LogP contribution in [0.4, 0.5) is 11.5 Å². The second kappa shape index (κ2) is 7.59. The first-order valence-electron chi connectivity index (χ1n) is 8.93. The molecule has 134 valence electrons. The Morgan fingerprint density at radius 1 is 1.40 bits per heavy atom. The van der Waals surface area contributed by atoms with Gasteiger partial charge in [0.1, 0.15) is 11.6 Å². The van der Waals surface area contributed by atoms with E-state index in [0.717, 1.165) is 55.8 Å². The lowest BCUT2D eigenvalue weighted by Crippen LogP contribution is -2.32. The fourth-order valence-corrected chi connectivity index (χ4v) is 3.30. The number of carbonyl (C=O) groups excluding carboxylic acids is 1. The number of nitrogens with two attached hydrogens (primary N) is 1. The van der Waals surface area contributed by atoms with Crippen molar-refractivity contribution in [2.75, 3.05) is 24.1 Å². The van der Waals surface area contributed by atoms with Crippen LogP contribution in [0, 0.1) is 6.92 Å². The van der Waals surface area contributed by atoms with Gasteiger partial charge >= 0.3 is 0 Å². The second-order valence-corrected chi connectivity index (χ2v) is 6.61. The van der Waals surface area contributed by atoms with Gasteiger partial charge in [0.25, 0.3) is 5.91 Å². The van der Waals surface area contributed by atoms with E-state index in [4.69, 9.17) is 10.2 Å². The molecule has 6 nitrogen and oxygen atoms in total. The molecule has 1 aliphatic rings. The molecule has 2 aromatic rings. The van der Waals surface area contributed by atoms with Gasteiger partial charge in [-0.05, 0) is 49.9 Å². The first kappa shape index (κ1) is 17.3. The Morgan fingerprint density at radius 3 is 2.92 bits per heavy atom. The number of furan rings is 1. The highest BCUT2D eigenvalue weighted by molar-refractivity contribution is 5.91. The van der Waals surface area contributed by atoms with E-state index in [2.05, 4.69) is 10.3 Å². The zero-order valence-corrected chi connectivity index (χ0v) is 14.9. The van der Waals surface area contributed by atoms with Crippen molar-refractivity contribution in [1.82, 2.24) is 9.88 Å². The third-order valence-electron chi connectivity index (χ3n) is 4.72. The maximum absolute atomic E-state index is 12.7. The Morgan fingerprint density at radius 2 is 2.24 bits per heavy atom. The summed E-state index contributed by atoms with van der Waals surface area (Å²) in [5, 5.41) is 3.49. The van der Waals surface area contributed by atoms with Crippen molar-refractivity contribution in [1.29, 1.82) is 0 Å². The highest BCUT2D eigenvalue weighted by Crippen LogP contribution is 2.21. The summed E-state index contributed by atoms with van der Waals surface area (Å²) in [6.45, 7) is 5.51. The van der Waals surface area contributed by atoms with Gasteiger partial charge in [-0.3, -0.25) is 4.79 Å². The summed E-state index contributed by atoms with van der Waals surface area (Å²) in [7, 11) is 0. The smallest absolute Gasteiger partial charge is 0.289 e. The number of nitrogens with zero attached hydrogens (tertiary/aromatic N) is 2. The average molecular weight is 342 g/mol. The van der Waals surface area contributed by atoms with Gasteiger partial charge in [0.15, 0.2) is 5.76 Å². The number of aromatic nitrogens is 1. The number of anilines is 2. The molecule has 2 aromatic heterocycles. The van der Waals surface area contributed by atoms with Crippen molar-refractivity contribution in [3.8, 4) is 0 Å². The van der Waals surface area contributed by atoms with Gasteiger partial charge in [0, 0.05) is 25.6 Å². The summed E-state index contributed by atoms with van der Waals surface area (Å²) >= 11 is 0. The Labute approximate surface area is 148 Å². The van der Waals surface area contributed by atoms with Gasteiger partial charge in [-0.2, -0.15) is 0 Å². The molecule has 1 aliphatic heterocycles. The molecular formula is C19H26N4O2. The Balaban J connectivity index is 1.60. The molecule has 6 heteroatoms. The van der Waals surface area contributed by atoms with E-state index in [9.17, 15) is 4.79 Å². The summed E-state index contributed by atoms with van der Waals surface area (Å²) in [4.78, 5) is 18.7. The van der Waals surface area contributed by atoms with Gasteiger partial charge in [0.05, 0.1) is 11.9 Å². The van der Waals surface area contributed by atoms with Crippen LogP contribution in [0.2, 0.25) is 0 Å². The molecule has 0 unspecified atom stereocenters. The van der Waals surface area contributed by atoms with Crippen molar-refractivity contribution < 1.29 is 9.21 Å². The molecule has 0 saturated carbocycles. The van der Waals surface area contributed by atoms with E-state index in [1.807, 2.05) is 30.9 Å². The summed E-state index contributed by atoms with van der Waals surface area (Å²) < 4.78 is 5.73. The minimum atomic E-state index is -0.00222. The lowest BCUT2D eigenvalue weighted by molar-refractivity contribution is 0.0727. The highest BCUT2D eigenvalue weighted by Gasteiger charge is 2.24. The third kappa shape index (κ3) is 4.13. The Kier molecular flexibility index (Phi) is 5.26. The number of pyridine rings is 1. The number of carbonyl (C=O) groups is 1. The number of nitrogens with one attached hydrogen (secondary N) is 1. The van der Waals surface area contributed by atoms with E-state index in [0.29, 0.717) is 17.6 Å². The molecule has 25 heavy (non-hydrogen) atoms. The van der Waals surface area contributed by atoms with Crippen LogP contribution in [0.25, 0.3) is 0 Å². The second-order valence-electron chi connectivity index (χ2n) is 6.61. The normalized spacial score (nSPS) is 18.0. The maximum Gasteiger partial charge on any atom is 0.289 e. The topological polar surface area (TPSA) is 84.4 Å². The van der Waals surface area contributed by atoms with Crippen molar-refractivity contribution in [2.45, 2.75) is 45.6 Å². The van der Waals surface area contributed by atoms with E-state index in [1.165, 1.54) is 0 Å². The molecule has 0 aliphatic carbocycles. The molecule has 3 heterocycles. The molecule has 0 radical (unpaired) electrons. The van der Waals surface area contributed by atoms with Crippen LogP contribution in [0.5, 0.6) is 0 Å². The number of amides is 1. The van der Waals surface area contributed by atoms with E-state index < -0.39 is 0 Å². The van der Waals surface area contributed by atoms with Crippen molar-refractivity contribution in [3.05, 3.63) is 41.5 Å². The average Bonchev–Trinajstić information content (AvgIpc) is 2.84. The number of likely N-dealkylation sites (tertiary alicyclic amines) is 1. The van der Waals surface area contributed by atoms with Crippen molar-refractivity contribution >= 4 is 17.4 Å². The van der Waals surface area contributed by atoms with Gasteiger partial charge in [-0.25, -0.2) is 4.98 Å². The molecule has 0 aromatic carbocycles. The molecule has 1 fully saturated rings. The molecular weight excluding hydrogens is 316 g/mol. The van der Waals surface area contributed by atoms with Gasteiger partial charge < -0.3 is 20.4 Å². The van der Waals surface area contributed by atoms with Gasteiger partial charge in [-0.1, -0.05) is 6.92 Å².